The largest absolute Gasteiger partial charge is 0.384 e. The number of carbonyl (C=O) groups is 1. The van der Waals surface area contributed by atoms with Gasteiger partial charge in [0.15, 0.2) is 0 Å². The Bertz CT molecular complexity index is 273. The Morgan fingerprint density at radius 1 is 1.39 bits per heavy atom. The van der Waals surface area contributed by atoms with Gasteiger partial charge >= 0.3 is 0 Å². The van der Waals surface area contributed by atoms with Gasteiger partial charge in [0.25, 0.3) is 0 Å². The number of primary amides is 1. The molecule has 0 bridgehead atoms. The van der Waals surface area contributed by atoms with Crippen LogP contribution < -0.4 is 11.1 Å². The van der Waals surface area contributed by atoms with E-state index in [0.29, 0.717) is 12.0 Å². The van der Waals surface area contributed by atoms with Crippen molar-refractivity contribution in [2.24, 2.45) is 11.7 Å². The molecule has 2 fully saturated rings. The molecule has 18 heavy (non-hydrogen) atoms. The average Bonchev–Trinajstić information content (AvgIpc) is 3.15. The van der Waals surface area contributed by atoms with E-state index in [1.54, 1.807) is 7.11 Å². The Hall–Kier alpha value is -0.650. The van der Waals surface area contributed by atoms with Crippen molar-refractivity contribution >= 4 is 5.91 Å². The molecule has 2 rings (SSSR count). The van der Waals surface area contributed by atoms with E-state index in [1.807, 2.05) is 0 Å². The van der Waals surface area contributed by atoms with Crippen LogP contribution in [0.2, 0.25) is 0 Å². The van der Waals surface area contributed by atoms with Crippen LogP contribution in [0.3, 0.4) is 0 Å². The fraction of sp³-hybridized carbons (Fsp3) is 0.923. The first-order valence-electron chi connectivity index (χ1n) is 6.95. The molecule has 1 saturated heterocycles. The highest BCUT2D eigenvalue weighted by atomic mass is 16.5. The lowest BCUT2D eigenvalue weighted by molar-refractivity contribution is -0.120. The molecule has 1 unspecified atom stereocenters. The summed E-state index contributed by atoms with van der Waals surface area (Å²) in [6, 6.07) is 0.338. The first kappa shape index (κ1) is 13.8. The summed E-state index contributed by atoms with van der Waals surface area (Å²) in [5.41, 5.74) is 5.46. The normalized spacial score (nSPS) is 24.1. The van der Waals surface area contributed by atoms with Crippen LogP contribution in [0.1, 0.15) is 25.7 Å². The SMILES string of the molecule is COCC1CCN(CC(NC2CC2)C(N)=O)CC1. The molecule has 0 aromatic heterocycles. The number of nitrogens with two attached hydrogens (primary N) is 1. The van der Waals surface area contributed by atoms with Crippen molar-refractivity contribution in [1.29, 1.82) is 0 Å². The number of hydrogen-bond acceptors (Lipinski definition) is 4. The first-order chi connectivity index (χ1) is 8.69. The Kier molecular flexibility index (Phi) is 4.97. The fourth-order valence-electron chi connectivity index (χ4n) is 2.59. The summed E-state index contributed by atoms with van der Waals surface area (Å²) in [5.74, 6) is 0.454. The predicted molar refractivity (Wildman–Crippen MR) is 70.2 cm³/mol. The number of likely N-dealkylation sites (tertiary alicyclic amines) is 1. The summed E-state index contributed by atoms with van der Waals surface area (Å²) in [7, 11) is 1.76. The number of piperidine rings is 1. The van der Waals surface area contributed by atoms with E-state index >= 15 is 0 Å². The predicted octanol–water partition coefficient (Wildman–Crippen LogP) is -0.0493. The van der Waals surface area contributed by atoms with Crippen molar-refractivity contribution in [2.75, 3.05) is 33.4 Å². The molecule has 2 aliphatic rings. The zero-order valence-corrected chi connectivity index (χ0v) is 11.2. The molecular weight excluding hydrogens is 230 g/mol. The van der Waals surface area contributed by atoms with Crippen molar-refractivity contribution in [3.05, 3.63) is 0 Å². The molecular formula is C13H25N3O2. The second-order valence-corrected chi connectivity index (χ2v) is 5.60. The number of methoxy groups -OCH3 is 1. The molecule has 0 aromatic rings. The number of hydrogen-bond donors (Lipinski definition) is 2. The summed E-state index contributed by atoms with van der Waals surface area (Å²) < 4.78 is 5.19. The van der Waals surface area contributed by atoms with E-state index in [2.05, 4.69) is 10.2 Å². The van der Waals surface area contributed by atoms with Crippen LogP contribution in [0.15, 0.2) is 0 Å². The van der Waals surface area contributed by atoms with Crippen LogP contribution in [-0.4, -0.2) is 56.2 Å². The highest BCUT2D eigenvalue weighted by molar-refractivity contribution is 5.80. The van der Waals surface area contributed by atoms with Gasteiger partial charge in [0.2, 0.25) is 5.91 Å². The lowest BCUT2D eigenvalue weighted by Gasteiger charge is -2.33. The van der Waals surface area contributed by atoms with E-state index in [0.717, 1.165) is 39.1 Å². The van der Waals surface area contributed by atoms with Crippen molar-refractivity contribution in [2.45, 2.75) is 37.8 Å². The molecule has 0 spiro atoms. The van der Waals surface area contributed by atoms with E-state index < -0.39 is 0 Å². The molecule has 1 amide bonds. The highest BCUT2D eigenvalue weighted by Crippen LogP contribution is 2.21. The van der Waals surface area contributed by atoms with Gasteiger partial charge in [0, 0.05) is 26.3 Å². The summed E-state index contributed by atoms with van der Waals surface area (Å²) in [5, 5.41) is 3.33. The number of nitrogens with zero attached hydrogens (tertiary/aromatic N) is 1. The van der Waals surface area contributed by atoms with Gasteiger partial charge in [-0.2, -0.15) is 0 Å². The number of amides is 1. The molecule has 5 heteroatoms. The summed E-state index contributed by atoms with van der Waals surface area (Å²) >= 11 is 0. The van der Waals surface area contributed by atoms with Crippen molar-refractivity contribution in [1.82, 2.24) is 10.2 Å². The maximum absolute atomic E-state index is 11.4. The minimum absolute atomic E-state index is 0.184. The summed E-state index contributed by atoms with van der Waals surface area (Å²) in [4.78, 5) is 13.8. The number of ether oxygens (including phenoxy) is 1. The Morgan fingerprint density at radius 3 is 2.56 bits per heavy atom. The topological polar surface area (TPSA) is 67.6 Å². The van der Waals surface area contributed by atoms with Crippen molar-refractivity contribution < 1.29 is 9.53 Å². The summed E-state index contributed by atoms with van der Waals surface area (Å²) in [6.07, 6.45) is 4.67. The molecule has 1 aliphatic carbocycles. The number of nitrogens with one attached hydrogen (secondary N) is 1. The molecule has 1 atom stereocenters. The van der Waals surface area contributed by atoms with Gasteiger partial charge in [-0.05, 0) is 44.7 Å². The highest BCUT2D eigenvalue weighted by Gasteiger charge is 2.29. The van der Waals surface area contributed by atoms with E-state index in [4.69, 9.17) is 10.5 Å². The average molecular weight is 255 g/mol. The van der Waals surface area contributed by atoms with Crippen LogP contribution in [-0.2, 0) is 9.53 Å². The third-order valence-corrected chi connectivity index (χ3v) is 3.91. The summed E-state index contributed by atoms with van der Waals surface area (Å²) in [6.45, 7) is 3.70. The quantitative estimate of drug-likeness (QED) is 0.669. The molecule has 1 aliphatic heterocycles. The molecule has 0 aromatic carbocycles. The van der Waals surface area contributed by atoms with Gasteiger partial charge in [-0.15, -0.1) is 0 Å². The standard InChI is InChI=1S/C13H25N3O2/c1-18-9-10-4-6-16(7-5-10)8-12(13(14)17)15-11-2-3-11/h10-12,15H,2-9H2,1H3,(H2,14,17). The molecule has 5 nitrogen and oxygen atoms in total. The fourth-order valence-corrected chi connectivity index (χ4v) is 2.59. The van der Waals surface area contributed by atoms with Crippen LogP contribution in [0.4, 0.5) is 0 Å². The lowest BCUT2D eigenvalue weighted by atomic mass is 9.97. The third kappa shape index (κ3) is 4.23. The zero-order chi connectivity index (χ0) is 13.0. The van der Waals surface area contributed by atoms with Gasteiger partial charge in [-0.1, -0.05) is 0 Å². The van der Waals surface area contributed by atoms with Gasteiger partial charge in [0.1, 0.15) is 0 Å². The molecule has 104 valence electrons. The lowest BCUT2D eigenvalue weighted by Crippen LogP contribution is -2.51. The maximum atomic E-state index is 11.4. The van der Waals surface area contributed by atoms with Gasteiger partial charge in [0.05, 0.1) is 6.04 Å². The van der Waals surface area contributed by atoms with E-state index in [-0.39, 0.29) is 11.9 Å². The van der Waals surface area contributed by atoms with E-state index in [9.17, 15) is 4.79 Å². The Balaban J connectivity index is 1.72. The van der Waals surface area contributed by atoms with Crippen LogP contribution in [0, 0.1) is 5.92 Å². The second kappa shape index (κ2) is 6.50. The molecule has 1 heterocycles. The molecule has 0 radical (unpaired) electrons. The van der Waals surface area contributed by atoms with Crippen LogP contribution >= 0.6 is 0 Å². The zero-order valence-electron chi connectivity index (χ0n) is 11.2. The minimum Gasteiger partial charge on any atom is -0.384 e. The minimum atomic E-state index is -0.221. The van der Waals surface area contributed by atoms with E-state index in [1.165, 1.54) is 12.8 Å². The van der Waals surface area contributed by atoms with Crippen molar-refractivity contribution in [3.8, 4) is 0 Å². The first-order valence-corrected chi connectivity index (χ1v) is 6.95. The van der Waals surface area contributed by atoms with Crippen LogP contribution in [0.5, 0.6) is 0 Å². The van der Waals surface area contributed by atoms with Crippen LogP contribution in [0.25, 0.3) is 0 Å². The van der Waals surface area contributed by atoms with Gasteiger partial charge < -0.3 is 20.7 Å². The van der Waals surface area contributed by atoms with Gasteiger partial charge in [-0.3, -0.25) is 4.79 Å². The Morgan fingerprint density at radius 2 is 2.06 bits per heavy atom. The Labute approximate surface area is 109 Å². The molecule has 1 saturated carbocycles. The maximum Gasteiger partial charge on any atom is 0.235 e. The van der Waals surface area contributed by atoms with Crippen molar-refractivity contribution in [3.63, 3.8) is 0 Å². The number of rotatable bonds is 7. The number of carbonyl (C=O) groups excluding carboxylic acids is 1. The smallest absolute Gasteiger partial charge is 0.235 e. The van der Waals surface area contributed by atoms with Gasteiger partial charge in [-0.25, -0.2) is 0 Å². The molecule has 3 N–H and O–H groups in total. The second-order valence-electron chi connectivity index (χ2n) is 5.60. The third-order valence-electron chi connectivity index (χ3n) is 3.91. The monoisotopic (exact) mass is 255 g/mol.